The summed E-state index contributed by atoms with van der Waals surface area (Å²) in [7, 11) is 3.74. The molecule has 4 atom stereocenters. The van der Waals surface area contributed by atoms with Crippen LogP contribution in [-0.4, -0.2) is 197 Å². The number of rotatable bonds is 20. The molecule has 12 N–H and O–H groups in total. The van der Waals surface area contributed by atoms with Crippen LogP contribution in [0.5, 0.6) is 0 Å². The zero-order valence-corrected chi connectivity index (χ0v) is 66.4. The van der Waals surface area contributed by atoms with Crippen molar-refractivity contribution in [3.05, 3.63) is 195 Å². The van der Waals surface area contributed by atoms with Gasteiger partial charge in [0.2, 0.25) is 53.8 Å². The number of ether oxygens (including phenoxy) is 1. The van der Waals surface area contributed by atoms with Crippen molar-refractivity contribution in [2.75, 3.05) is 62.0 Å². The van der Waals surface area contributed by atoms with Crippen LogP contribution in [0.3, 0.4) is 0 Å². The number of unbranched alkanes of at least 4 members (excludes halogenated alkanes) is 1. The maximum Gasteiger partial charge on any atom is 0.410 e. The molecule has 8 aromatic heterocycles. The number of hydrogen-bond donors (Lipinski definition) is 9. The van der Waals surface area contributed by atoms with E-state index in [4.69, 9.17) is 15.9 Å². The van der Waals surface area contributed by atoms with E-state index < -0.39 is 29.7 Å². The van der Waals surface area contributed by atoms with Crippen LogP contribution in [0.4, 0.5) is 28.6 Å². The van der Waals surface area contributed by atoms with E-state index in [0.717, 1.165) is 85.1 Å². The predicted octanol–water partition coefficient (Wildman–Crippen LogP) is 9.72. The lowest BCUT2D eigenvalue weighted by Crippen LogP contribution is -2.47. The molecule has 3 saturated carbocycles. The van der Waals surface area contributed by atoms with E-state index in [1.54, 1.807) is 127 Å². The predicted molar refractivity (Wildman–Crippen MR) is 439 cm³/mol. The van der Waals surface area contributed by atoms with Crippen LogP contribution in [0.2, 0.25) is 0 Å². The van der Waals surface area contributed by atoms with Crippen LogP contribution in [-0.2, 0) is 28.7 Å². The summed E-state index contributed by atoms with van der Waals surface area (Å²) in [5.41, 5.74) is 21.3. The third-order valence-corrected chi connectivity index (χ3v) is 19.6. The number of nitrogens with one attached hydrogen (secondary N) is 5. The van der Waals surface area contributed by atoms with Crippen LogP contribution in [0, 0.1) is 27.6 Å². The van der Waals surface area contributed by atoms with Gasteiger partial charge in [0.15, 0.2) is 11.7 Å². The van der Waals surface area contributed by atoms with Gasteiger partial charge in [0, 0.05) is 148 Å². The van der Waals surface area contributed by atoms with Gasteiger partial charge in [-0.15, -0.1) is 12.4 Å². The standard InChI is InChI=1S/C25H31N5O4.C21H25N5O3.C16H17N5O.C10H12N2O.C9H8N4.CH5N3.ClH/c1-2-3-7-19(15-29(34)17-31)23(33)30-16-25(11-12-25)14-21(30)22(32)28-24-26-13-10-20(27-24)18-8-5-4-6-9-18;1-20(2,3)29-19(28)26-13-21(7-8-21)11-16(26)17(27)25-18-23-10-6-15(24-18)14-5-4-9-22-12-14;22-14(13-8-16(4-5-16)10-19-13)21-15-18-7-3-12(20-15)11-2-1-6-17-9-11;1-12(2)7-5-10(13)9-4-3-6-11-8-9;10-9-12-5-3-8(13-9)7-2-1-4-11-6-7;2-1(3)4;/h4-6,8-10,13,17,19,21,34H,2-3,7,11-12,14-16H2,1H3,(H,26,27,28,32);4-6,9-10,12,16H,7-8,11,13H2,1-3H3,(H,23,24,25,27);1-3,6-7,9,13,19H,4-5,8,10H2,(H,18,20,21,22);3-8H,1-2H3;1-6H,(H2,10,12,13);(H5,2,3,4);1H/b;;;7-5+;;;/t19-,21+;;;;;;/m1....../s1. The van der Waals surface area contributed by atoms with E-state index in [0.29, 0.717) is 72.1 Å². The van der Waals surface area contributed by atoms with Gasteiger partial charge in [-0.3, -0.25) is 80.2 Å². The number of carbonyl (C=O) groups excluding carboxylic acids is 7. The van der Waals surface area contributed by atoms with Gasteiger partial charge in [-0.1, -0.05) is 50.1 Å². The number of allylic oxidation sites excluding steroid dienone is 1. The summed E-state index contributed by atoms with van der Waals surface area (Å²) < 4.78 is 5.52. The van der Waals surface area contributed by atoms with Crippen LogP contribution in [0.1, 0.15) is 115 Å². The lowest BCUT2D eigenvalue weighted by atomic mass is 9.99. The number of aromatic nitrogens is 12. The summed E-state index contributed by atoms with van der Waals surface area (Å²) >= 11 is 0. The lowest BCUT2D eigenvalue weighted by molar-refractivity contribution is -0.157. The van der Waals surface area contributed by atoms with E-state index in [2.05, 4.69) is 92.5 Å². The Morgan fingerprint density at radius 2 is 1.04 bits per heavy atom. The van der Waals surface area contributed by atoms with Crippen molar-refractivity contribution >= 4 is 84.1 Å². The molecule has 2 unspecified atom stereocenters. The van der Waals surface area contributed by atoms with E-state index in [-0.39, 0.29) is 89.0 Å². The first kappa shape index (κ1) is 87.2. The molecule has 3 saturated heterocycles. The Morgan fingerprint density at radius 3 is 1.47 bits per heavy atom. The van der Waals surface area contributed by atoms with Gasteiger partial charge < -0.3 is 37.1 Å². The van der Waals surface area contributed by atoms with Crippen LogP contribution in [0.25, 0.3) is 45.0 Å². The number of hydroxylamine groups is 2. The van der Waals surface area contributed by atoms with Crippen molar-refractivity contribution in [3.8, 4) is 45.0 Å². The highest BCUT2D eigenvalue weighted by Gasteiger charge is 2.57. The molecule has 9 aromatic rings. The highest BCUT2D eigenvalue weighted by atomic mass is 35.5. The Balaban J connectivity index is 0.000000170. The number of ketones is 1. The molecular formula is C82H99ClN24O9. The van der Waals surface area contributed by atoms with Gasteiger partial charge >= 0.3 is 6.09 Å². The Hall–Kier alpha value is -12.8. The quantitative estimate of drug-likeness (QED) is 0.00651. The molecule has 6 fully saturated rings. The van der Waals surface area contributed by atoms with Crippen molar-refractivity contribution in [1.82, 2.24) is 84.9 Å². The number of amides is 6. The van der Waals surface area contributed by atoms with Gasteiger partial charge in [-0.05, 0) is 174 Å². The van der Waals surface area contributed by atoms with Crippen LogP contribution >= 0.6 is 12.4 Å². The minimum absolute atomic E-state index is 0. The number of guanidine groups is 1. The number of benzene rings is 1. The highest BCUT2D eigenvalue weighted by Crippen LogP contribution is 2.56. The van der Waals surface area contributed by atoms with Crippen molar-refractivity contribution in [3.63, 3.8) is 0 Å². The molecule has 6 aliphatic rings. The van der Waals surface area contributed by atoms with Gasteiger partial charge in [-0.2, -0.15) is 0 Å². The van der Waals surface area contributed by atoms with Crippen LogP contribution < -0.4 is 38.5 Å². The second-order valence-electron chi connectivity index (χ2n) is 30.2. The molecule has 33 nitrogen and oxygen atoms in total. The summed E-state index contributed by atoms with van der Waals surface area (Å²) in [5.74, 6) is -0.747. The van der Waals surface area contributed by atoms with Crippen molar-refractivity contribution in [1.29, 1.82) is 5.41 Å². The molecular weight excluding hydrogens is 1500 g/mol. The molecule has 0 bridgehead atoms. The number of halogens is 1. The minimum atomic E-state index is -0.633. The van der Waals surface area contributed by atoms with Crippen molar-refractivity contribution in [2.24, 2.45) is 33.6 Å². The zero-order chi connectivity index (χ0) is 82.1. The molecule has 608 valence electrons. The summed E-state index contributed by atoms with van der Waals surface area (Å²) in [6.07, 6.45) is 33.9. The Kier molecular flexibility index (Phi) is 30.7. The van der Waals surface area contributed by atoms with Crippen molar-refractivity contribution < 1.29 is 43.5 Å². The molecule has 3 spiro atoms. The number of nitrogens with zero attached hydrogens (tertiary/aromatic N) is 16. The number of nitrogen functional groups attached to an aromatic ring is 1. The maximum atomic E-state index is 13.5. The van der Waals surface area contributed by atoms with E-state index in [9.17, 15) is 38.8 Å². The molecule has 6 amide bonds. The first-order chi connectivity index (χ1) is 55.2. The number of carbonyl (C=O) groups is 7. The summed E-state index contributed by atoms with van der Waals surface area (Å²) in [4.78, 5) is 142. The minimum Gasteiger partial charge on any atom is -0.444 e. The van der Waals surface area contributed by atoms with E-state index in [1.165, 1.54) is 18.9 Å². The molecule has 3 aliphatic heterocycles. The molecule has 3 aliphatic carbocycles. The Labute approximate surface area is 679 Å². The molecule has 15 rings (SSSR count). The summed E-state index contributed by atoms with van der Waals surface area (Å²) in [6, 6.07) is 30.2. The third-order valence-electron chi connectivity index (χ3n) is 19.6. The zero-order valence-electron chi connectivity index (χ0n) is 65.6. The third kappa shape index (κ3) is 26.2. The molecule has 11 heterocycles. The molecule has 1 aromatic carbocycles. The smallest absolute Gasteiger partial charge is 0.410 e. The van der Waals surface area contributed by atoms with Gasteiger partial charge in [0.1, 0.15) is 17.7 Å². The normalized spacial score (nSPS) is 17.1. The molecule has 34 heteroatoms. The topological polar surface area (TPSA) is 467 Å². The first-order valence-electron chi connectivity index (χ1n) is 37.8. The van der Waals surface area contributed by atoms with Gasteiger partial charge in [-0.25, -0.2) is 49.7 Å². The fourth-order valence-electron chi connectivity index (χ4n) is 13.1. The molecule has 0 radical (unpaired) electrons. The fraction of sp³-hybridized carbons (Fsp3) is 0.366. The number of nitrogens with two attached hydrogens (primary N) is 3. The monoisotopic (exact) mass is 1600 g/mol. The van der Waals surface area contributed by atoms with Crippen LogP contribution in [0.15, 0.2) is 190 Å². The number of anilines is 4. The summed E-state index contributed by atoms with van der Waals surface area (Å²) in [5, 5.41) is 28.0. The second kappa shape index (κ2) is 40.8. The van der Waals surface area contributed by atoms with Gasteiger partial charge in [0.25, 0.3) is 0 Å². The summed E-state index contributed by atoms with van der Waals surface area (Å²) in [6.45, 7) is 9.42. The first-order valence-corrected chi connectivity index (χ1v) is 37.8. The average molecular weight is 1600 g/mol. The highest BCUT2D eigenvalue weighted by molar-refractivity contribution is 6.04. The number of likely N-dealkylation sites (tertiary alicyclic amines) is 2. The SMILES string of the molecule is CC(C)(C)OC(=O)N1CC2(CC2)CC1C(=O)Nc1nccc(-c2cccnc2)n1.CCCC[C@H](CN(O)C=O)C(=O)N1CC2(CC2)C[C@H]1C(=O)Nc1nccc(-c2ccccc2)n1.CN(C)/C=C/C(=O)c1cccnc1.Cl.N=C(N)N.Nc1nccc(-c2cccnc2)n1.O=C(Nc1nccc(-c2cccnc2)n1)C1CC2(CC2)CN1. The fourth-order valence-corrected chi connectivity index (χ4v) is 13.1. The lowest BCUT2D eigenvalue weighted by Gasteiger charge is -2.29. The van der Waals surface area contributed by atoms with E-state index >= 15 is 0 Å². The second-order valence-corrected chi connectivity index (χ2v) is 30.2. The largest absolute Gasteiger partial charge is 0.444 e. The van der Waals surface area contributed by atoms with Gasteiger partial charge in [0.05, 0.1) is 41.3 Å². The number of hydrogen-bond acceptors (Lipinski definition) is 25. The Morgan fingerprint density at radius 1 is 0.603 bits per heavy atom. The van der Waals surface area contributed by atoms with Crippen molar-refractivity contribution in [2.45, 2.75) is 128 Å². The average Bonchev–Trinajstić information content (AvgIpc) is 1.60. The van der Waals surface area contributed by atoms with E-state index in [1.807, 2.05) is 113 Å². The Bertz CT molecular complexity index is 4790. The maximum absolute atomic E-state index is 13.5. The number of pyridine rings is 4. The molecule has 116 heavy (non-hydrogen) atoms.